The Morgan fingerprint density at radius 3 is 2.46 bits per heavy atom. The summed E-state index contributed by atoms with van der Waals surface area (Å²) in [4.78, 5) is 17.1. The molecule has 1 aliphatic rings. The van der Waals surface area contributed by atoms with Gasteiger partial charge in [-0.3, -0.25) is 15.0 Å². The predicted octanol–water partition coefficient (Wildman–Crippen LogP) is 5.45. The average Bonchev–Trinajstić information content (AvgIpc) is 2.86. The molecule has 1 aliphatic heterocycles. The summed E-state index contributed by atoms with van der Waals surface area (Å²) in [7, 11) is 1.55. The van der Waals surface area contributed by atoms with Crippen molar-refractivity contribution in [2.75, 3.05) is 43.5 Å². The van der Waals surface area contributed by atoms with Gasteiger partial charge in [-0.2, -0.15) is 0 Å². The highest BCUT2D eigenvalue weighted by Crippen LogP contribution is 2.30. The zero-order valence-corrected chi connectivity index (χ0v) is 21.6. The van der Waals surface area contributed by atoms with E-state index in [-0.39, 0.29) is 11.0 Å². The number of hydrogen-bond donors (Lipinski definition) is 2. The molecule has 2 N–H and O–H groups in total. The molecule has 1 amide bonds. The van der Waals surface area contributed by atoms with Gasteiger partial charge in [-0.1, -0.05) is 47.5 Å². The highest BCUT2D eigenvalue weighted by Gasteiger charge is 2.20. The molecule has 3 aromatic rings. The molecule has 0 unspecified atom stereocenters. The molecule has 9 heteroatoms. The minimum absolute atomic E-state index is 0.190. The Bertz CT molecular complexity index is 1220. The number of methoxy groups -OCH3 is 1. The van der Waals surface area contributed by atoms with Crippen LogP contribution in [0.1, 0.15) is 15.9 Å². The Morgan fingerprint density at radius 2 is 1.74 bits per heavy atom. The molecule has 1 fully saturated rings. The number of nitrogens with zero attached hydrogens (tertiary/aromatic N) is 2. The van der Waals surface area contributed by atoms with E-state index in [2.05, 4.69) is 26.5 Å². The van der Waals surface area contributed by atoms with Crippen molar-refractivity contribution in [3.63, 3.8) is 0 Å². The number of halogens is 2. The second kappa shape index (κ2) is 11.7. The molecule has 0 radical (unpaired) electrons. The maximum atomic E-state index is 12.5. The molecule has 0 aliphatic carbocycles. The minimum Gasteiger partial charge on any atom is -0.497 e. The Labute approximate surface area is 220 Å². The molecule has 0 aromatic heterocycles. The van der Waals surface area contributed by atoms with Gasteiger partial charge in [-0.05, 0) is 60.2 Å². The Hall–Kier alpha value is -2.84. The highest BCUT2D eigenvalue weighted by atomic mass is 35.5. The third kappa shape index (κ3) is 6.64. The fraction of sp³-hybridized carbons (Fsp3) is 0.231. The third-order valence-corrected chi connectivity index (χ3v) is 6.70. The summed E-state index contributed by atoms with van der Waals surface area (Å²) in [5, 5.41) is 7.32. The molecule has 1 saturated heterocycles. The van der Waals surface area contributed by atoms with Crippen molar-refractivity contribution < 1.29 is 9.53 Å². The first-order valence-corrected chi connectivity index (χ1v) is 12.4. The Balaban J connectivity index is 1.31. The van der Waals surface area contributed by atoms with Crippen molar-refractivity contribution in [1.82, 2.24) is 10.2 Å². The summed E-state index contributed by atoms with van der Waals surface area (Å²) in [6.07, 6.45) is 0. The summed E-state index contributed by atoms with van der Waals surface area (Å²) < 4.78 is 5.16. The van der Waals surface area contributed by atoms with Crippen LogP contribution in [0.2, 0.25) is 10.0 Å². The lowest BCUT2D eigenvalue weighted by Crippen LogP contribution is -2.46. The van der Waals surface area contributed by atoms with Gasteiger partial charge in [-0.15, -0.1) is 0 Å². The normalized spacial score (nSPS) is 13.9. The molecule has 0 saturated carbocycles. The van der Waals surface area contributed by atoms with E-state index in [4.69, 9.17) is 40.2 Å². The number of amides is 1. The summed E-state index contributed by atoms with van der Waals surface area (Å²) in [6.45, 7) is 4.41. The first-order valence-electron chi connectivity index (χ1n) is 11.2. The number of carbonyl (C=O) groups excluding carboxylic acids is 1. The smallest absolute Gasteiger partial charge is 0.257 e. The summed E-state index contributed by atoms with van der Waals surface area (Å²) in [5.74, 6) is 0.280. The van der Waals surface area contributed by atoms with Gasteiger partial charge in [0.1, 0.15) is 5.75 Å². The second-order valence-electron chi connectivity index (χ2n) is 8.16. The SMILES string of the molecule is COc1cccc(C(=O)NC(=S)Nc2ccc(N3CCN(Cc4ccccc4Cl)CC3)c(Cl)c2)c1. The van der Waals surface area contributed by atoms with Gasteiger partial charge in [0.05, 0.1) is 17.8 Å². The van der Waals surface area contributed by atoms with E-state index in [1.165, 1.54) is 0 Å². The van der Waals surface area contributed by atoms with Gasteiger partial charge in [0.2, 0.25) is 0 Å². The fourth-order valence-corrected chi connectivity index (χ4v) is 4.66. The number of benzene rings is 3. The zero-order chi connectivity index (χ0) is 24.8. The van der Waals surface area contributed by atoms with Crippen LogP contribution >= 0.6 is 35.4 Å². The van der Waals surface area contributed by atoms with Crippen molar-refractivity contribution >= 4 is 57.8 Å². The molecule has 1 heterocycles. The highest BCUT2D eigenvalue weighted by molar-refractivity contribution is 7.80. The van der Waals surface area contributed by atoms with Crippen LogP contribution in [0, 0.1) is 0 Å². The lowest BCUT2D eigenvalue weighted by Gasteiger charge is -2.36. The first kappa shape index (κ1) is 25.3. The summed E-state index contributed by atoms with van der Waals surface area (Å²) >= 11 is 18.2. The molecule has 0 atom stereocenters. The number of ether oxygens (including phenoxy) is 1. The van der Waals surface area contributed by atoms with E-state index in [0.717, 1.165) is 49.0 Å². The van der Waals surface area contributed by atoms with Crippen LogP contribution in [0.5, 0.6) is 5.75 Å². The number of thiocarbonyl (C=S) groups is 1. The van der Waals surface area contributed by atoms with E-state index in [1.54, 1.807) is 31.4 Å². The van der Waals surface area contributed by atoms with Crippen LogP contribution in [0.3, 0.4) is 0 Å². The van der Waals surface area contributed by atoms with Crippen molar-refractivity contribution in [2.24, 2.45) is 0 Å². The molecule has 0 spiro atoms. The maximum Gasteiger partial charge on any atom is 0.257 e. The van der Waals surface area contributed by atoms with E-state index < -0.39 is 0 Å². The number of hydrogen-bond acceptors (Lipinski definition) is 5. The lowest BCUT2D eigenvalue weighted by molar-refractivity contribution is 0.0977. The van der Waals surface area contributed by atoms with Gasteiger partial charge in [0.15, 0.2) is 5.11 Å². The van der Waals surface area contributed by atoms with Gasteiger partial charge in [0.25, 0.3) is 5.91 Å². The van der Waals surface area contributed by atoms with Crippen LogP contribution in [0.15, 0.2) is 66.7 Å². The lowest BCUT2D eigenvalue weighted by atomic mass is 10.2. The predicted molar refractivity (Wildman–Crippen MR) is 147 cm³/mol. The van der Waals surface area contributed by atoms with Crippen LogP contribution < -0.4 is 20.3 Å². The third-order valence-electron chi connectivity index (χ3n) is 5.83. The fourth-order valence-electron chi connectivity index (χ4n) is 3.96. The number of piperazine rings is 1. The summed E-state index contributed by atoms with van der Waals surface area (Å²) in [6, 6.07) is 20.5. The van der Waals surface area contributed by atoms with Gasteiger partial charge >= 0.3 is 0 Å². The van der Waals surface area contributed by atoms with Crippen LogP contribution in [-0.4, -0.2) is 49.2 Å². The second-order valence-corrected chi connectivity index (χ2v) is 9.38. The monoisotopic (exact) mass is 528 g/mol. The van der Waals surface area contributed by atoms with E-state index in [0.29, 0.717) is 22.0 Å². The first-order chi connectivity index (χ1) is 16.9. The number of carbonyl (C=O) groups is 1. The van der Waals surface area contributed by atoms with E-state index >= 15 is 0 Å². The molecule has 3 aromatic carbocycles. The minimum atomic E-state index is -0.321. The van der Waals surface area contributed by atoms with Gasteiger partial charge in [0, 0.05) is 49.0 Å². The van der Waals surface area contributed by atoms with Crippen LogP contribution in [0.25, 0.3) is 0 Å². The Morgan fingerprint density at radius 1 is 0.971 bits per heavy atom. The largest absolute Gasteiger partial charge is 0.497 e. The molecule has 4 rings (SSSR count). The van der Waals surface area contributed by atoms with Gasteiger partial charge in [-0.25, -0.2) is 0 Å². The molecule has 6 nitrogen and oxygen atoms in total. The van der Waals surface area contributed by atoms with Crippen molar-refractivity contribution in [3.8, 4) is 5.75 Å². The number of nitrogens with one attached hydrogen (secondary N) is 2. The molecule has 0 bridgehead atoms. The van der Waals surface area contributed by atoms with E-state index in [1.807, 2.05) is 36.4 Å². The van der Waals surface area contributed by atoms with Crippen molar-refractivity contribution in [2.45, 2.75) is 6.54 Å². The average molecular weight is 529 g/mol. The quantitative estimate of drug-likeness (QED) is 0.415. The zero-order valence-electron chi connectivity index (χ0n) is 19.3. The van der Waals surface area contributed by atoms with E-state index in [9.17, 15) is 4.79 Å². The Kier molecular flexibility index (Phi) is 8.46. The number of anilines is 2. The molecule has 182 valence electrons. The standard InChI is InChI=1S/C26H26Cl2N4O2S/c1-34-21-7-4-6-18(15-21)25(33)30-26(35)29-20-9-10-24(23(28)16-20)32-13-11-31(12-14-32)17-19-5-2-3-8-22(19)27/h2-10,15-16H,11-14,17H2,1H3,(H2,29,30,33,35). The molecular weight excluding hydrogens is 503 g/mol. The topological polar surface area (TPSA) is 56.8 Å². The molecule has 35 heavy (non-hydrogen) atoms. The number of rotatable bonds is 6. The van der Waals surface area contributed by atoms with Gasteiger partial charge < -0.3 is 15.0 Å². The maximum absolute atomic E-state index is 12.5. The summed E-state index contributed by atoms with van der Waals surface area (Å²) in [5.41, 5.74) is 3.27. The van der Waals surface area contributed by atoms with Crippen LogP contribution in [-0.2, 0) is 6.54 Å². The molecular formula is C26H26Cl2N4O2S. The van der Waals surface area contributed by atoms with Crippen molar-refractivity contribution in [1.29, 1.82) is 0 Å². The van der Waals surface area contributed by atoms with Crippen LogP contribution in [0.4, 0.5) is 11.4 Å². The van der Waals surface area contributed by atoms with Crippen molar-refractivity contribution in [3.05, 3.63) is 87.9 Å².